The van der Waals surface area contributed by atoms with Gasteiger partial charge in [0.1, 0.15) is 5.54 Å². The van der Waals surface area contributed by atoms with Crippen LogP contribution in [0.15, 0.2) is 17.4 Å². The summed E-state index contributed by atoms with van der Waals surface area (Å²) in [6.45, 7) is 1.91. The first kappa shape index (κ1) is 12.3. The van der Waals surface area contributed by atoms with Crippen LogP contribution < -0.4 is 5.73 Å². The zero-order valence-corrected chi connectivity index (χ0v) is 10.4. The summed E-state index contributed by atoms with van der Waals surface area (Å²) in [7, 11) is 0. The van der Waals surface area contributed by atoms with E-state index in [9.17, 15) is 4.79 Å². The molecule has 0 spiro atoms. The Balaban J connectivity index is 2.01. The van der Waals surface area contributed by atoms with Gasteiger partial charge < -0.3 is 10.8 Å². The van der Waals surface area contributed by atoms with E-state index in [2.05, 4.69) is 9.97 Å². The highest BCUT2D eigenvalue weighted by atomic mass is 32.2. The minimum Gasteiger partial charge on any atom is -0.480 e. The molecule has 1 aromatic heterocycles. The van der Waals surface area contributed by atoms with Crippen LogP contribution in [-0.2, 0) is 4.79 Å². The number of aliphatic carboxylic acids is 1. The van der Waals surface area contributed by atoms with E-state index in [1.54, 1.807) is 6.20 Å². The summed E-state index contributed by atoms with van der Waals surface area (Å²) < 4.78 is 0. The third-order valence-corrected chi connectivity index (χ3v) is 4.12. The van der Waals surface area contributed by atoms with E-state index in [-0.39, 0.29) is 5.25 Å². The number of carboxylic acid groups (broad SMARTS) is 1. The van der Waals surface area contributed by atoms with Crippen LogP contribution >= 0.6 is 11.8 Å². The van der Waals surface area contributed by atoms with Gasteiger partial charge in [-0.1, -0.05) is 11.8 Å². The molecule has 1 heterocycles. The molecule has 0 bridgehead atoms. The van der Waals surface area contributed by atoms with Gasteiger partial charge in [-0.05, 0) is 32.3 Å². The number of rotatable bonds is 3. The lowest BCUT2D eigenvalue weighted by Gasteiger charge is -2.17. The van der Waals surface area contributed by atoms with E-state index in [1.165, 1.54) is 11.8 Å². The number of hydrogen-bond donors (Lipinski definition) is 2. The zero-order chi connectivity index (χ0) is 12.5. The summed E-state index contributed by atoms with van der Waals surface area (Å²) in [6.07, 6.45) is 3.51. The number of aryl methyl sites for hydroxylation is 1. The van der Waals surface area contributed by atoms with Crippen LogP contribution in [-0.4, -0.2) is 31.8 Å². The number of thioether (sulfide) groups is 1. The van der Waals surface area contributed by atoms with Crippen LogP contribution in [0.2, 0.25) is 0 Å². The van der Waals surface area contributed by atoms with Crippen molar-refractivity contribution in [2.24, 2.45) is 5.73 Å². The molecule has 92 valence electrons. The minimum atomic E-state index is -1.07. The maximum Gasteiger partial charge on any atom is 0.323 e. The molecule has 1 fully saturated rings. The number of aromatic nitrogens is 2. The maximum atomic E-state index is 11.0. The smallest absolute Gasteiger partial charge is 0.323 e. The molecule has 0 amide bonds. The summed E-state index contributed by atoms with van der Waals surface area (Å²) in [6, 6.07) is 1.84. The van der Waals surface area contributed by atoms with Gasteiger partial charge in [0.15, 0.2) is 5.16 Å². The van der Waals surface area contributed by atoms with E-state index in [1.807, 2.05) is 13.0 Å². The van der Waals surface area contributed by atoms with Gasteiger partial charge in [-0.3, -0.25) is 4.79 Å². The molecule has 17 heavy (non-hydrogen) atoms. The van der Waals surface area contributed by atoms with E-state index in [0.29, 0.717) is 18.0 Å². The summed E-state index contributed by atoms with van der Waals surface area (Å²) in [5.41, 5.74) is 5.67. The van der Waals surface area contributed by atoms with Crippen LogP contribution in [0.4, 0.5) is 0 Å². The van der Waals surface area contributed by atoms with Crippen LogP contribution in [0.5, 0.6) is 0 Å². The van der Waals surface area contributed by atoms with Gasteiger partial charge >= 0.3 is 5.97 Å². The second-order valence-corrected chi connectivity index (χ2v) is 5.69. The summed E-state index contributed by atoms with van der Waals surface area (Å²) in [5, 5.41) is 9.93. The minimum absolute atomic E-state index is 0.192. The molecule has 2 atom stereocenters. The lowest BCUT2D eigenvalue weighted by molar-refractivity contribution is -0.143. The number of carboxylic acids is 1. The highest BCUT2D eigenvalue weighted by molar-refractivity contribution is 7.99. The molecular weight excluding hydrogens is 238 g/mol. The third-order valence-electron chi connectivity index (χ3n) is 2.98. The van der Waals surface area contributed by atoms with Crippen molar-refractivity contribution in [3.63, 3.8) is 0 Å². The van der Waals surface area contributed by atoms with Crippen LogP contribution in [0.3, 0.4) is 0 Å². The van der Waals surface area contributed by atoms with Crippen molar-refractivity contribution in [1.29, 1.82) is 0 Å². The van der Waals surface area contributed by atoms with Gasteiger partial charge in [0.25, 0.3) is 0 Å². The van der Waals surface area contributed by atoms with Crippen molar-refractivity contribution < 1.29 is 9.90 Å². The van der Waals surface area contributed by atoms with Gasteiger partial charge in [0.2, 0.25) is 0 Å². The fourth-order valence-electron chi connectivity index (χ4n) is 1.96. The Morgan fingerprint density at radius 2 is 2.47 bits per heavy atom. The molecular formula is C11H15N3O2S. The van der Waals surface area contributed by atoms with Gasteiger partial charge in [-0.15, -0.1) is 0 Å². The SMILES string of the molecule is Cc1ccnc(SC2CCC(N)(C(=O)O)C2)n1. The van der Waals surface area contributed by atoms with Gasteiger partial charge in [-0.2, -0.15) is 0 Å². The quantitative estimate of drug-likeness (QED) is 0.787. The highest BCUT2D eigenvalue weighted by Gasteiger charge is 2.42. The van der Waals surface area contributed by atoms with Crippen molar-refractivity contribution >= 4 is 17.7 Å². The fourth-order valence-corrected chi connectivity index (χ4v) is 3.19. The lowest BCUT2D eigenvalue weighted by Crippen LogP contribution is -2.45. The number of nitrogens with two attached hydrogens (primary N) is 1. The molecule has 3 N–H and O–H groups in total. The lowest BCUT2D eigenvalue weighted by atomic mass is 10.0. The average molecular weight is 253 g/mol. The first-order valence-corrected chi connectivity index (χ1v) is 6.36. The molecule has 5 nitrogen and oxygen atoms in total. The van der Waals surface area contributed by atoms with Crippen molar-refractivity contribution in [3.8, 4) is 0 Å². The number of hydrogen-bond acceptors (Lipinski definition) is 5. The van der Waals surface area contributed by atoms with Crippen molar-refractivity contribution in [2.45, 2.75) is 42.1 Å². The van der Waals surface area contributed by atoms with Crippen LogP contribution in [0.1, 0.15) is 25.0 Å². The molecule has 0 saturated heterocycles. The molecule has 1 aliphatic carbocycles. The van der Waals surface area contributed by atoms with Crippen molar-refractivity contribution in [1.82, 2.24) is 9.97 Å². The average Bonchev–Trinajstić information content (AvgIpc) is 2.61. The molecule has 0 aliphatic heterocycles. The Morgan fingerprint density at radius 3 is 3.06 bits per heavy atom. The largest absolute Gasteiger partial charge is 0.480 e. The van der Waals surface area contributed by atoms with E-state index in [0.717, 1.165) is 12.1 Å². The molecule has 0 radical (unpaired) electrons. The molecule has 2 rings (SSSR count). The first-order valence-electron chi connectivity index (χ1n) is 5.48. The zero-order valence-electron chi connectivity index (χ0n) is 9.59. The molecule has 6 heteroatoms. The Hall–Kier alpha value is -1.14. The predicted octanol–water partition coefficient (Wildman–Crippen LogP) is 1.21. The summed E-state index contributed by atoms with van der Waals surface area (Å²) in [4.78, 5) is 19.5. The second-order valence-electron chi connectivity index (χ2n) is 4.42. The standard InChI is InChI=1S/C11H15N3O2S/c1-7-3-5-13-10(14-7)17-8-2-4-11(12,6-8)9(15)16/h3,5,8H,2,4,6,12H2,1H3,(H,15,16). The molecule has 1 aliphatic rings. The molecule has 0 aromatic carbocycles. The molecule has 1 saturated carbocycles. The van der Waals surface area contributed by atoms with Crippen molar-refractivity contribution in [2.75, 3.05) is 0 Å². The van der Waals surface area contributed by atoms with Crippen LogP contribution in [0.25, 0.3) is 0 Å². The Kier molecular flexibility index (Phi) is 3.35. The maximum absolute atomic E-state index is 11.0. The van der Waals surface area contributed by atoms with Gasteiger partial charge in [-0.25, -0.2) is 9.97 Å². The van der Waals surface area contributed by atoms with E-state index in [4.69, 9.17) is 10.8 Å². The monoisotopic (exact) mass is 253 g/mol. The van der Waals surface area contributed by atoms with Crippen molar-refractivity contribution in [3.05, 3.63) is 18.0 Å². The van der Waals surface area contributed by atoms with Gasteiger partial charge in [0.05, 0.1) is 0 Å². The Labute approximate surface area is 104 Å². The normalized spacial score (nSPS) is 28.2. The second kappa shape index (κ2) is 4.62. The first-order chi connectivity index (χ1) is 7.99. The Bertz CT molecular complexity index is 440. The van der Waals surface area contributed by atoms with Gasteiger partial charge in [0, 0.05) is 17.1 Å². The number of nitrogens with zero attached hydrogens (tertiary/aromatic N) is 2. The molecule has 1 aromatic rings. The summed E-state index contributed by atoms with van der Waals surface area (Å²) >= 11 is 1.52. The fraction of sp³-hybridized carbons (Fsp3) is 0.545. The van der Waals surface area contributed by atoms with Crippen LogP contribution in [0, 0.1) is 6.92 Å². The highest BCUT2D eigenvalue weighted by Crippen LogP contribution is 2.37. The topological polar surface area (TPSA) is 89.1 Å². The third kappa shape index (κ3) is 2.76. The van der Waals surface area contributed by atoms with E-state index >= 15 is 0 Å². The Morgan fingerprint density at radius 1 is 1.71 bits per heavy atom. The summed E-state index contributed by atoms with van der Waals surface area (Å²) in [5.74, 6) is -0.911. The predicted molar refractivity (Wildman–Crippen MR) is 64.8 cm³/mol. The number of carbonyl (C=O) groups is 1. The van der Waals surface area contributed by atoms with E-state index < -0.39 is 11.5 Å². The molecule has 2 unspecified atom stereocenters.